The standard InChI is InChI=1S/C15H12F3N3O3/c1-23-13-19-7-11(8-20-13)9-2-4-10(5-3-9)12-6-14(22,24-21-12)15(16,17)18/h2-5,7-8,22H,6H2,1H3. The van der Waals surface area contributed by atoms with E-state index >= 15 is 0 Å². The maximum absolute atomic E-state index is 12.7. The Bertz CT molecular complexity index is 760. The third kappa shape index (κ3) is 2.90. The molecule has 3 rings (SSSR count). The van der Waals surface area contributed by atoms with Gasteiger partial charge in [0.1, 0.15) is 0 Å². The van der Waals surface area contributed by atoms with Gasteiger partial charge in [-0.15, -0.1) is 0 Å². The molecule has 1 atom stereocenters. The molecule has 1 aliphatic rings. The van der Waals surface area contributed by atoms with Gasteiger partial charge in [0, 0.05) is 18.0 Å². The van der Waals surface area contributed by atoms with Crippen molar-refractivity contribution in [3.63, 3.8) is 0 Å². The van der Waals surface area contributed by atoms with Crippen molar-refractivity contribution in [3.8, 4) is 17.1 Å². The molecule has 0 bridgehead atoms. The quantitative estimate of drug-likeness (QED) is 0.930. The summed E-state index contributed by atoms with van der Waals surface area (Å²) in [6, 6.07) is 6.79. The second-order valence-corrected chi connectivity index (χ2v) is 5.12. The van der Waals surface area contributed by atoms with Gasteiger partial charge in [-0.1, -0.05) is 29.4 Å². The van der Waals surface area contributed by atoms with Gasteiger partial charge in [-0.2, -0.15) is 13.2 Å². The second kappa shape index (κ2) is 5.75. The molecule has 1 aliphatic heterocycles. The maximum atomic E-state index is 12.7. The first-order valence-electron chi connectivity index (χ1n) is 6.83. The van der Waals surface area contributed by atoms with Gasteiger partial charge >= 0.3 is 18.0 Å². The number of aromatic nitrogens is 2. The molecular weight excluding hydrogens is 327 g/mol. The number of methoxy groups -OCH3 is 1. The third-order valence-corrected chi connectivity index (χ3v) is 3.52. The minimum absolute atomic E-state index is 0.0207. The van der Waals surface area contributed by atoms with Crippen LogP contribution in [0.25, 0.3) is 11.1 Å². The molecule has 0 spiro atoms. The average molecular weight is 339 g/mol. The smallest absolute Gasteiger partial charge is 0.458 e. The maximum Gasteiger partial charge on any atom is 0.458 e. The molecule has 2 aromatic rings. The number of rotatable bonds is 3. The molecule has 126 valence electrons. The molecule has 0 saturated heterocycles. The summed E-state index contributed by atoms with van der Waals surface area (Å²) >= 11 is 0. The van der Waals surface area contributed by atoms with E-state index in [1.54, 1.807) is 36.7 Å². The summed E-state index contributed by atoms with van der Waals surface area (Å²) in [5.74, 6) is -3.27. The zero-order valence-electron chi connectivity index (χ0n) is 12.4. The normalized spacial score (nSPS) is 20.5. The Morgan fingerprint density at radius 2 is 1.67 bits per heavy atom. The molecule has 24 heavy (non-hydrogen) atoms. The number of aliphatic hydroxyl groups is 1. The Morgan fingerprint density at radius 1 is 1.08 bits per heavy atom. The summed E-state index contributed by atoms with van der Waals surface area (Å²) < 4.78 is 43.0. The highest BCUT2D eigenvalue weighted by Gasteiger charge is 2.60. The van der Waals surface area contributed by atoms with Gasteiger partial charge in [-0.05, 0) is 11.1 Å². The zero-order valence-corrected chi connectivity index (χ0v) is 12.4. The Kier molecular flexibility index (Phi) is 3.88. The van der Waals surface area contributed by atoms with Gasteiger partial charge in [0.05, 0.1) is 19.2 Å². The molecule has 0 radical (unpaired) electrons. The van der Waals surface area contributed by atoms with Gasteiger partial charge in [0.2, 0.25) is 0 Å². The molecule has 1 aromatic carbocycles. The first-order valence-corrected chi connectivity index (χ1v) is 6.83. The molecule has 0 fully saturated rings. The minimum Gasteiger partial charge on any atom is -0.467 e. The van der Waals surface area contributed by atoms with E-state index in [0.717, 1.165) is 11.1 Å². The number of ether oxygens (including phenoxy) is 1. The number of oxime groups is 1. The Morgan fingerprint density at radius 3 is 2.17 bits per heavy atom. The van der Waals surface area contributed by atoms with Crippen LogP contribution >= 0.6 is 0 Å². The van der Waals surface area contributed by atoms with Crippen LogP contribution in [0.1, 0.15) is 12.0 Å². The van der Waals surface area contributed by atoms with Crippen LogP contribution < -0.4 is 4.74 Å². The highest BCUT2D eigenvalue weighted by Crippen LogP contribution is 2.39. The molecule has 1 N–H and O–H groups in total. The van der Waals surface area contributed by atoms with Crippen molar-refractivity contribution in [3.05, 3.63) is 42.2 Å². The average Bonchev–Trinajstić information content (AvgIpc) is 2.99. The van der Waals surface area contributed by atoms with Crippen molar-refractivity contribution < 1.29 is 27.9 Å². The second-order valence-electron chi connectivity index (χ2n) is 5.12. The lowest BCUT2D eigenvalue weighted by Gasteiger charge is -2.22. The van der Waals surface area contributed by atoms with Crippen molar-refractivity contribution in [2.75, 3.05) is 7.11 Å². The predicted molar refractivity (Wildman–Crippen MR) is 77.3 cm³/mol. The van der Waals surface area contributed by atoms with E-state index in [9.17, 15) is 18.3 Å². The highest BCUT2D eigenvalue weighted by atomic mass is 19.4. The van der Waals surface area contributed by atoms with Crippen molar-refractivity contribution >= 4 is 5.71 Å². The fraction of sp³-hybridized carbons (Fsp3) is 0.267. The minimum atomic E-state index is -4.92. The Hall–Kier alpha value is -2.68. The topological polar surface area (TPSA) is 76.8 Å². The van der Waals surface area contributed by atoms with Gasteiger partial charge in [-0.25, -0.2) is 9.97 Å². The predicted octanol–water partition coefficient (Wildman–Crippen LogP) is 2.53. The van der Waals surface area contributed by atoms with E-state index in [0.29, 0.717) is 5.56 Å². The van der Waals surface area contributed by atoms with Crippen LogP contribution in [0.2, 0.25) is 0 Å². The van der Waals surface area contributed by atoms with Crippen LogP contribution in [0.5, 0.6) is 6.01 Å². The summed E-state index contributed by atoms with van der Waals surface area (Å²) in [5.41, 5.74) is 1.94. The lowest BCUT2D eigenvalue weighted by molar-refractivity contribution is -0.355. The molecule has 2 heterocycles. The molecule has 1 aromatic heterocycles. The van der Waals surface area contributed by atoms with Crippen LogP contribution in [0.15, 0.2) is 41.8 Å². The summed E-state index contributed by atoms with van der Waals surface area (Å²) in [5, 5.41) is 12.8. The summed E-state index contributed by atoms with van der Waals surface area (Å²) in [6.45, 7) is 0. The number of halogens is 3. The fourth-order valence-corrected chi connectivity index (χ4v) is 2.15. The lowest BCUT2D eigenvalue weighted by atomic mass is 10.00. The molecule has 0 amide bonds. The van der Waals surface area contributed by atoms with Crippen molar-refractivity contribution in [2.45, 2.75) is 18.4 Å². The highest BCUT2D eigenvalue weighted by molar-refractivity contribution is 6.01. The van der Waals surface area contributed by atoms with E-state index in [2.05, 4.69) is 20.0 Å². The number of hydrogen-bond donors (Lipinski definition) is 1. The summed E-state index contributed by atoms with van der Waals surface area (Å²) in [6.07, 6.45) is -2.54. The van der Waals surface area contributed by atoms with E-state index in [4.69, 9.17) is 4.74 Å². The fourth-order valence-electron chi connectivity index (χ4n) is 2.15. The van der Waals surface area contributed by atoms with Gasteiger partial charge in [-0.3, -0.25) is 0 Å². The molecule has 6 nitrogen and oxygen atoms in total. The summed E-state index contributed by atoms with van der Waals surface area (Å²) in [7, 11) is 1.45. The van der Waals surface area contributed by atoms with Crippen LogP contribution in [0.4, 0.5) is 13.2 Å². The molecular formula is C15H12F3N3O3. The van der Waals surface area contributed by atoms with E-state index in [1.807, 2.05) is 0 Å². The largest absolute Gasteiger partial charge is 0.467 e. The van der Waals surface area contributed by atoms with Crippen molar-refractivity contribution in [2.24, 2.45) is 5.16 Å². The van der Waals surface area contributed by atoms with Gasteiger partial charge in [0.25, 0.3) is 0 Å². The van der Waals surface area contributed by atoms with Crippen LogP contribution in [-0.4, -0.2) is 39.9 Å². The van der Waals surface area contributed by atoms with Gasteiger partial charge in [0.15, 0.2) is 0 Å². The van der Waals surface area contributed by atoms with Crippen LogP contribution in [-0.2, 0) is 4.84 Å². The van der Waals surface area contributed by atoms with E-state index in [-0.39, 0.29) is 11.7 Å². The number of alkyl halides is 3. The number of hydrogen-bond acceptors (Lipinski definition) is 6. The Balaban J connectivity index is 1.78. The molecule has 9 heteroatoms. The van der Waals surface area contributed by atoms with E-state index < -0.39 is 18.4 Å². The third-order valence-electron chi connectivity index (χ3n) is 3.52. The Labute approximate surface area is 134 Å². The first kappa shape index (κ1) is 16.2. The van der Waals surface area contributed by atoms with Crippen LogP contribution in [0.3, 0.4) is 0 Å². The lowest BCUT2D eigenvalue weighted by Crippen LogP contribution is -2.45. The van der Waals surface area contributed by atoms with Crippen LogP contribution in [0, 0.1) is 0 Å². The molecule has 0 aliphatic carbocycles. The number of nitrogens with zero attached hydrogens (tertiary/aromatic N) is 3. The molecule has 0 saturated carbocycles. The monoisotopic (exact) mass is 339 g/mol. The van der Waals surface area contributed by atoms with Crippen molar-refractivity contribution in [1.29, 1.82) is 0 Å². The summed E-state index contributed by atoms with van der Waals surface area (Å²) in [4.78, 5) is 12.2. The van der Waals surface area contributed by atoms with Gasteiger partial charge < -0.3 is 14.7 Å². The van der Waals surface area contributed by atoms with Crippen molar-refractivity contribution in [1.82, 2.24) is 9.97 Å². The first-order chi connectivity index (χ1) is 11.3. The number of benzene rings is 1. The zero-order chi connectivity index (χ0) is 17.4. The van der Waals surface area contributed by atoms with E-state index in [1.165, 1.54) is 7.11 Å². The SMILES string of the molecule is COc1ncc(-c2ccc(C3=NOC(O)(C(F)(F)F)C3)cc2)cn1. The molecule has 1 unspecified atom stereocenters.